The Morgan fingerprint density at radius 1 is 1.53 bits per heavy atom. The van der Waals surface area contributed by atoms with Crippen LogP contribution in [-0.2, 0) is 11.3 Å². The molecule has 1 aliphatic heterocycles. The van der Waals surface area contributed by atoms with E-state index in [0.29, 0.717) is 35.8 Å². The van der Waals surface area contributed by atoms with Crippen LogP contribution >= 0.6 is 24.2 Å². The maximum atomic E-state index is 13.1. The van der Waals surface area contributed by atoms with Crippen LogP contribution in [0, 0.1) is 11.7 Å². The van der Waals surface area contributed by atoms with Crippen LogP contribution in [-0.4, -0.2) is 23.1 Å². The van der Waals surface area contributed by atoms with Crippen molar-refractivity contribution in [2.24, 2.45) is 5.92 Å². The van der Waals surface area contributed by atoms with Gasteiger partial charge >= 0.3 is 0 Å². The molecule has 1 aromatic carbocycles. The van der Waals surface area contributed by atoms with Gasteiger partial charge in [-0.3, -0.25) is 4.79 Å². The zero-order chi connectivity index (χ0) is 12.4. The molecule has 5 heteroatoms. The van der Waals surface area contributed by atoms with Gasteiger partial charge in [0.15, 0.2) is 0 Å². The van der Waals surface area contributed by atoms with Gasteiger partial charge in [-0.2, -0.15) is 12.6 Å². The van der Waals surface area contributed by atoms with Gasteiger partial charge < -0.3 is 4.90 Å². The lowest BCUT2D eigenvalue weighted by atomic mass is 10.1. The molecule has 1 aromatic rings. The lowest BCUT2D eigenvalue weighted by Crippen LogP contribution is -2.25. The first-order chi connectivity index (χ1) is 8.10. The Kier molecular flexibility index (Phi) is 3.94. The topological polar surface area (TPSA) is 20.3 Å². The van der Waals surface area contributed by atoms with Gasteiger partial charge in [-0.15, -0.1) is 0 Å². The number of hydrogen-bond donors (Lipinski definition) is 1. The number of amides is 1. The van der Waals surface area contributed by atoms with Gasteiger partial charge in [0.2, 0.25) is 5.91 Å². The molecular weight excluding hydrogens is 261 g/mol. The van der Waals surface area contributed by atoms with Gasteiger partial charge in [0.25, 0.3) is 0 Å². The van der Waals surface area contributed by atoms with Crippen molar-refractivity contribution in [1.82, 2.24) is 4.90 Å². The van der Waals surface area contributed by atoms with Crippen molar-refractivity contribution in [2.45, 2.75) is 13.0 Å². The molecule has 0 aromatic heterocycles. The maximum Gasteiger partial charge on any atom is 0.223 e. The highest BCUT2D eigenvalue weighted by molar-refractivity contribution is 7.80. The summed E-state index contributed by atoms with van der Waals surface area (Å²) >= 11 is 10.2. The third-order valence-electron chi connectivity index (χ3n) is 2.92. The fraction of sp³-hybridized carbons (Fsp3) is 0.417. The smallest absolute Gasteiger partial charge is 0.223 e. The third-order valence-corrected chi connectivity index (χ3v) is 3.81. The predicted molar refractivity (Wildman–Crippen MR) is 68.8 cm³/mol. The number of rotatable bonds is 3. The van der Waals surface area contributed by atoms with Crippen LogP contribution in [0.2, 0.25) is 5.02 Å². The number of hydrogen-bond acceptors (Lipinski definition) is 2. The molecule has 0 aliphatic carbocycles. The predicted octanol–water partition coefficient (Wildman–Crippen LogP) is 2.76. The van der Waals surface area contributed by atoms with Crippen molar-refractivity contribution in [3.63, 3.8) is 0 Å². The number of nitrogens with zero attached hydrogens (tertiary/aromatic N) is 1. The van der Waals surface area contributed by atoms with Crippen molar-refractivity contribution in [1.29, 1.82) is 0 Å². The van der Waals surface area contributed by atoms with E-state index in [2.05, 4.69) is 12.6 Å². The van der Waals surface area contributed by atoms with Crippen molar-refractivity contribution >= 4 is 30.1 Å². The summed E-state index contributed by atoms with van der Waals surface area (Å²) in [6.45, 7) is 1.05. The van der Waals surface area contributed by atoms with E-state index in [0.717, 1.165) is 0 Å². The van der Waals surface area contributed by atoms with Gasteiger partial charge in [-0.1, -0.05) is 11.6 Å². The molecule has 1 unspecified atom stereocenters. The molecule has 0 bridgehead atoms. The molecule has 1 heterocycles. The molecule has 0 spiro atoms. The van der Waals surface area contributed by atoms with Crippen LogP contribution in [0.1, 0.15) is 12.0 Å². The molecular formula is C12H13ClFNOS. The van der Waals surface area contributed by atoms with E-state index in [1.807, 2.05) is 0 Å². The van der Waals surface area contributed by atoms with E-state index in [1.54, 1.807) is 4.90 Å². The molecule has 17 heavy (non-hydrogen) atoms. The highest BCUT2D eigenvalue weighted by atomic mass is 35.5. The minimum Gasteiger partial charge on any atom is -0.338 e. The number of likely N-dealkylation sites (tertiary alicyclic amines) is 1. The number of carbonyl (C=O) groups excluding carboxylic acids is 1. The van der Waals surface area contributed by atoms with E-state index < -0.39 is 0 Å². The number of halogens is 2. The highest BCUT2D eigenvalue weighted by Crippen LogP contribution is 2.24. The molecule has 1 fully saturated rings. The molecule has 1 aliphatic rings. The van der Waals surface area contributed by atoms with Crippen LogP contribution in [0.5, 0.6) is 0 Å². The van der Waals surface area contributed by atoms with E-state index >= 15 is 0 Å². The Bertz CT molecular complexity index is 441. The second-order valence-electron chi connectivity index (χ2n) is 4.26. The fourth-order valence-corrected chi connectivity index (χ4v) is 2.42. The summed E-state index contributed by atoms with van der Waals surface area (Å²) in [7, 11) is 0. The molecule has 2 rings (SSSR count). The van der Waals surface area contributed by atoms with Crippen molar-refractivity contribution in [2.75, 3.05) is 12.3 Å². The molecule has 2 nitrogen and oxygen atoms in total. The third kappa shape index (κ3) is 2.93. The summed E-state index contributed by atoms with van der Waals surface area (Å²) in [4.78, 5) is 13.4. The summed E-state index contributed by atoms with van der Waals surface area (Å²) in [6, 6.07) is 4.21. The Morgan fingerprint density at radius 2 is 2.29 bits per heavy atom. The van der Waals surface area contributed by atoms with Crippen LogP contribution < -0.4 is 0 Å². The Balaban J connectivity index is 2.11. The summed E-state index contributed by atoms with van der Waals surface area (Å²) < 4.78 is 13.1. The standard InChI is InChI=1S/C12H13ClFNOS/c13-11-2-1-10(14)4-9(11)6-15-5-8(7-17)3-12(15)16/h1-2,4,8,17H,3,5-7H2. The Labute approximate surface area is 110 Å². The maximum absolute atomic E-state index is 13.1. The van der Waals surface area contributed by atoms with E-state index in [1.165, 1.54) is 18.2 Å². The SMILES string of the molecule is O=C1CC(CS)CN1Cc1cc(F)ccc1Cl. The number of carbonyl (C=O) groups is 1. The van der Waals surface area contributed by atoms with Crippen LogP contribution in [0.3, 0.4) is 0 Å². The monoisotopic (exact) mass is 273 g/mol. The van der Waals surface area contributed by atoms with Crippen LogP contribution in [0.25, 0.3) is 0 Å². The molecule has 1 saturated heterocycles. The first-order valence-corrected chi connectivity index (χ1v) is 6.43. The summed E-state index contributed by atoms with van der Waals surface area (Å²) in [5.41, 5.74) is 0.653. The average molecular weight is 274 g/mol. The lowest BCUT2D eigenvalue weighted by molar-refractivity contribution is -0.128. The molecule has 1 amide bonds. The highest BCUT2D eigenvalue weighted by Gasteiger charge is 2.28. The quantitative estimate of drug-likeness (QED) is 0.840. The van der Waals surface area contributed by atoms with Crippen molar-refractivity contribution in [3.05, 3.63) is 34.6 Å². The minimum absolute atomic E-state index is 0.0874. The molecule has 0 radical (unpaired) electrons. The van der Waals surface area contributed by atoms with Gasteiger partial charge in [0.05, 0.1) is 0 Å². The average Bonchev–Trinajstić information content (AvgIpc) is 2.65. The van der Waals surface area contributed by atoms with Gasteiger partial charge in [0.1, 0.15) is 5.82 Å². The summed E-state index contributed by atoms with van der Waals surface area (Å²) in [5.74, 6) is 0.739. The number of thiol groups is 1. The van der Waals surface area contributed by atoms with Gasteiger partial charge in [-0.25, -0.2) is 4.39 Å². The van der Waals surface area contributed by atoms with Crippen LogP contribution in [0.4, 0.5) is 4.39 Å². The molecule has 1 atom stereocenters. The van der Waals surface area contributed by atoms with Gasteiger partial charge in [-0.05, 0) is 35.4 Å². The van der Waals surface area contributed by atoms with E-state index in [4.69, 9.17) is 11.6 Å². The molecule has 0 saturated carbocycles. The Morgan fingerprint density at radius 3 is 2.94 bits per heavy atom. The van der Waals surface area contributed by atoms with Crippen molar-refractivity contribution in [3.8, 4) is 0 Å². The first-order valence-electron chi connectivity index (χ1n) is 5.42. The summed E-state index contributed by atoms with van der Waals surface area (Å²) in [5, 5.41) is 0.494. The first kappa shape index (κ1) is 12.7. The normalized spacial score (nSPS) is 20.1. The number of benzene rings is 1. The summed E-state index contributed by atoms with van der Waals surface area (Å²) in [6.07, 6.45) is 0.524. The van der Waals surface area contributed by atoms with E-state index in [9.17, 15) is 9.18 Å². The minimum atomic E-state index is -0.332. The second-order valence-corrected chi connectivity index (χ2v) is 5.04. The van der Waals surface area contributed by atoms with Crippen LogP contribution in [0.15, 0.2) is 18.2 Å². The second kappa shape index (κ2) is 5.27. The zero-order valence-electron chi connectivity index (χ0n) is 9.20. The lowest BCUT2D eigenvalue weighted by Gasteiger charge is -2.17. The van der Waals surface area contributed by atoms with E-state index in [-0.39, 0.29) is 17.6 Å². The molecule has 0 N–H and O–H groups in total. The van der Waals surface area contributed by atoms with Gasteiger partial charge in [0, 0.05) is 24.5 Å². The van der Waals surface area contributed by atoms with Crippen molar-refractivity contribution < 1.29 is 9.18 Å². The fourth-order valence-electron chi connectivity index (χ4n) is 2.00. The largest absolute Gasteiger partial charge is 0.338 e. The zero-order valence-corrected chi connectivity index (χ0v) is 10.8. The molecule has 92 valence electrons. The Hall–Kier alpha value is -0.740.